The first-order chi connectivity index (χ1) is 3.84. The van der Waals surface area contributed by atoms with Crippen molar-refractivity contribution in [3.63, 3.8) is 0 Å². The summed E-state index contributed by atoms with van der Waals surface area (Å²) in [5, 5.41) is 0. The van der Waals surface area contributed by atoms with Crippen LogP contribution in [0.1, 0.15) is 26.2 Å². The number of rotatable bonds is 1. The fourth-order valence-corrected chi connectivity index (χ4v) is 1.46. The van der Waals surface area contributed by atoms with Crippen LogP contribution in [-0.2, 0) is 4.74 Å². The zero-order valence-corrected chi connectivity index (χ0v) is 5.68. The second-order valence-corrected chi connectivity index (χ2v) is 2.68. The van der Waals surface area contributed by atoms with Gasteiger partial charge in [-0.15, -0.1) is 0 Å². The van der Waals surface area contributed by atoms with E-state index in [9.17, 15) is 0 Å². The van der Waals surface area contributed by atoms with Gasteiger partial charge in [-0.05, 0) is 18.8 Å². The monoisotopic (exact) mass is 114 g/mol. The van der Waals surface area contributed by atoms with Gasteiger partial charge in [0.1, 0.15) is 0 Å². The first kappa shape index (κ1) is 6.09. The normalized spacial score (nSPS) is 38.2. The molecule has 0 spiro atoms. The third kappa shape index (κ3) is 1.03. The summed E-state index contributed by atoms with van der Waals surface area (Å²) in [4.78, 5) is 0. The van der Waals surface area contributed by atoms with Gasteiger partial charge in [-0.3, -0.25) is 0 Å². The zero-order valence-electron chi connectivity index (χ0n) is 5.68. The molecule has 0 N–H and O–H groups in total. The first-order valence-electron chi connectivity index (χ1n) is 3.37. The predicted octanol–water partition coefficient (Wildman–Crippen LogP) is 1.82. The van der Waals surface area contributed by atoms with Crippen LogP contribution in [0.2, 0.25) is 0 Å². The SMILES string of the molecule is CO[C@@H]1CCC[C@H]1C. The second-order valence-electron chi connectivity index (χ2n) is 2.68. The van der Waals surface area contributed by atoms with Gasteiger partial charge in [0.05, 0.1) is 6.10 Å². The predicted molar refractivity (Wildman–Crippen MR) is 33.8 cm³/mol. The molecular formula is C7H14O. The standard InChI is InChI=1S/C7H14O/c1-6-4-3-5-7(6)8-2/h6-7H,3-5H2,1-2H3/t6-,7-/m1/s1. The summed E-state index contributed by atoms with van der Waals surface area (Å²) in [6, 6.07) is 0. The Morgan fingerprint density at radius 2 is 2.12 bits per heavy atom. The molecule has 1 aliphatic rings. The molecule has 8 heavy (non-hydrogen) atoms. The summed E-state index contributed by atoms with van der Waals surface area (Å²) in [5.41, 5.74) is 0. The van der Waals surface area contributed by atoms with Crippen LogP contribution in [0.25, 0.3) is 0 Å². The molecule has 1 saturated carbocycles. The average Bonchev–Trinajstić information content (AvgIpc) is 2.14. The van der Waals surface area contributed by atoms with E-state index in [0.717, 1.165) is 5.92 Å². The van der Waals surface area contributed by atoms with Gasteiger partial charge in [0, 0.05) is 7.11 Å². The van der Waals surface area contributed by atoms with Crippen molar-refractivity contribution in [1.82, 2.24) is 0 Å². The van der Waals surface area contributed by atoms with Crippen LogP contribution in [0, 0.1) is 5.92 Å². The minimum atomic E-state index is 0.565. The Morgan fingerprint density at radius 3 is 2.38 bits per heavy atom. The zero-order chi connectivity index (χ0) is 5.98. The Morgan fingerprint density at radius 1 is 1.38 bits per heavy atom. The van der Waals surface area contributed by atoms with E-state index in [1.807, 2.05) is 7.11 Å². The Balaban J connectivity index is 2.30. The number of ether oxygens (including phenoxy) is 1. The maximum Gasteiger partial charge on any atom is 0.0596 e. The molecular weight excluding hydrogens is 100 g/mol. The van der Waals surface area contributed by atoms with E-state index in [2.05, 4.69) is 6.92 Å². The van der Waals surface area contributed by atoms with E-state index in [4.69, 9.17) is 4.74 Å². The molecule has 48 valence electrons. The molecule has 1 rings (SSSR count). The van der Waals surface area contributed by atoms with E-state index in [1.165, 1.54) is 19.3 Å². The van der Waals surface area contributed by atoms with Crippen LogP contribution in [0.4, 0.5) is 0 Å². The summed E-state index contributed by atoms with van der Waals surface area (Å²) in [5.74, 6) is 0.806. The van der Waals surface area contributed by atoms with Gasteiger partial charge in [0.25, 0.3) is 0 Å². The van der Waals surface area contributed by atoms with Crippen LogP contribution >= 0.6 is 0 Å². The van der Waals surface area contributed by atoms with Gasteiger partial charge >= 0.3 is 0 Å². The molecule has 1 heteroatoms. The number of methoxy groups -OCH3 is 1. The minimum absolute atomic E-state index is 0.565. The lowest BCUT2D eigenvalue weighted by Crippen LogP contribution is -2.12. The molecule has 1 fully saturated rings. The fourth-order valence-electron chi connectivity index (χ4n) is 1.46. The maximum atomic E-state index is 5.22. The van der Waals surface area contributed by atoms with Crippen LogP contribution in [0.3, 0.4) is 0 Å². The highest BCUT2D eigenvalue weighted by Crippen LogP contribution is 2.26. The fraction of sp³-hybridized carbons (Fsp3) is 1.00. The molecule has 2 atom stereocenters. The van der Waals surface area contributed by atoms with Crippen LogP contribution in [0.5, 0.6) is 0 Å². The number of hydrogen-bond donors (Lipinski definition) is 0. The molecule has 0 aliphatic heterocycles. The Labute approximate surface area is 51.0 Å². The van der Waals surface area contributed by atoms with E-state index < -0.39 is 0 Å². The molecule has 0 bridgehead atoms. The Kier molecular flexibility index (Phi) is 1.90. The van der Waals surface area contributed by atoms with E-state index in [0.29, 0.717) is 6.10 Å². The molecule has 0 saturated heterocycles. The van der Waals surface area contributed by atoms with E-state index >= 15 is 0 Å². The molecule has 0 aromatic heterocycles. The second kappa shape index (κ2) is 2.49. The van der Waals surface area contributed by atoms with Gasteiger partial charge in [0.2, 0.25) is 0 Å². The van der Waals surface area contributed by atoms with Gasteiger partial charge < -0.3 is 4.74 Å². The average molecular weight is 114 g/mol. The highest BCUT2D eigenvalue weighted by atomic mass is 16.5. The highest BCUT2D eigenvalue weighted by molar-refractivity contribution is 4.73. The van der Waals surface area contributed by atoms with Crippen molar-refractivity contribution in [2.45, 2.75) is 32.3 Å². The molecule has 0 aromatic rings. The quantitative estimate of drug-likeness (QED) is 0.505. The molecule has 0 aromatic carbocycles. The van der Waals surface area contributed by atoms with Crippen LogP contribution < -0.4 is 0 Å². The van der Waals surface area contributed by atoms with Crippen molar-refractivity contribution in [2.75, 3.05) is 7.11 Å². The lowest BCUT2D eigenvalue weighted by molar-refractivity contribution is 0.0775. The summed E-state index contributed by atoms with van der Waals surface area (Å²) in [7, 11) is 1.81. The molecule has 1 aliphatic carbocycles. The summed E-state index contributed by atoms with van der Waals surface area (Å²) in [6.45, 7) is 2.27. The minimum Gasteiger partial charge on any atom is -0.381 e. The van der Waals surface area contributed by atoms with Crippen molar-refractivity contribution in [1.29, 1.82) is 0 Å². The molecule has 1 nitrogen and oxygen atoms in total. The Hall–Kier alpha value is -0.0400. The van der Waals surface area contributed by atoms with Crippen LogP contribution in [0.15, 0.2) is 0 Å². The third-order valence-corrected chi connectivity index (χ3v) is 2.09. The topological polar surface area (TPSA) is 9.23 Å². The van der Waals surface area contributed by atoms with E-state index in [1.54, 1.807) is 0 Å². The number of hydrogen-bond acceptors (Lipinski definition) is 1. The smallest absolute Gasteiger partial charge is 0.0596 e. The first-order valence-corrected chi connectivity index (χ1v) is 3.37. The van der Waals surface area contributed by atoms with Crippen molar-refractivity contribution in [3.05, 3.63) is 0 Å². The summed E-state index contributed by atoms with van der Waals surface area (Å²) >= 11 is 0. The summed E-state index contributed by atoms with van der Waals surface area (Å²) in [6.07, 6.45) is 4.56. The van der Waals surface area contributed by atoms with Gasteiger partial charge in [-0.25, -0.2) is 0 Å². The molecule has 0 radical (unpaired) electrons. The van der Waals surface area contributed by atoms with E-state index in [-0.39, 0.29) is 0 Å². The third-order valence-electron chi connectivity index (χ3n) is 2.09. The molecule has 0 amide bonds. The van der Waals surface area contributed by atoms with Crippen molar-refractivity contribution in [3.8, 4) is 0 Å². The van der Waals surface area contributed by atoms with Gasteiger partial charge in [-0.1, -0.05) is 13.3 Å². The largest absolute Gasteiger partial charge is 0.381 e. The lowest BCUT2D eigenvalue weighted by Gasteiger charge is -2.11. The van der Waals surface area contributed by atoms with Crippen molar-refractivity contribution in [2.24, 2.45) is 5.92 Å². The van der Waals surface area contributed by atoms with Gasteiger partial charge in [-0.2, -0.15) is 0 Å². The molecule has 0 heterocycles. The van der Waals surface area contributed by atoms with Crippen LogP contribution in [-0.4, -0.2) is 13.2 Å². The summed E-state index contributed by atoms with van der Waals surface area (Å²) < 4.78 is 5.22. The van der Waals surface area contributed by atoms with Crippen molar-refractivity contribution < 1.29 is 4.74 Å². The Bertz CT molecular complexity index is 70.8. The highest BCUT2D eigenvalue weighted by Gasteiger charge is 2.21. The van der Waals surface area contributed by atoms with Crippen molar-refractivity contribution >= 4 is 0 Å². The molecule has 0 unspecified atom stereocenters. The maximum absolute atomic E-state index is 5.22. The van der Waals surface area contributed by atoms with Gasteiger partial charge in [0.15, 0.2) is 0 Å². The lowest BCUT2D eigenvalue weighted by atomic mass is 10.1.